The van der Waals surface area contributed by atoms with Gasteiger partial charge in [0.1, 0.15) is 0 Å². The van der Waals surface area contributed by atoms with Crippen molar-refractivity contribution < 1.29 is 9.84 Å². The molecule has 0 saturated carbocycles. The van der Waals surface area contributed by atoms with Crippen molar-refractivity contribution in [2.24, 2.45) is 11.8 Å². The van der Waals surface area contributed by atoms with Crippen molar-refractivity contribution in [3.05, 3.63) is 25.8 Å². The Kier molecular flexibility index (Phi) is 6.61. The Labute approximate surface area is 100 Å². The van der Waals surface area contributed by atoms with Gasteiger partial charge in [-0.2, -0.15) is 0 Å². The molecule has 1 fully saturated rings. The summed E-state index contributed by atoms with van der Waals surface area (Å²) < 4.78 is 5.87. The second-order valence-corrected chi connectivity index (χ2v) is 4.80. The van der Waals surface area contributed by atoms with Gasteiger partial charge in [0.05, 0.1) is 11.7 Å². The summed E-state index contributed by atoms with van der Waals surface area (Å²) in [5, 5.41) is 9.28. The fourth-order valence-electron chi connectivity index (χ4n) is 2.41. The van der Waals surface area contributed by atoms with E-state index >= 15 is 0 Å². The molecule has 0 spiro atoms. The van der Waals surface area contributed by atoms with Gasteiger partial charge in [-0.3, -0.25) is 0 Å². The lowest BCUT2D eigenvalue weighted by Gasteiger charge is -2.22. The van der Waals surface area contributed by atoms with Crippen LogP contribution in [0.1, 0.15) is 33.6 Å². The number of rotatable bonds is 4. The Morgan fingerprint density at radius 2 is 2.06 bits per heavy atom. The zero-order chi connectivity index (χ0) is 12.8. The molecule has 0 aromatic heterocycles. The smallest absolute Gasteiger partial charge is 0.0793 e. The van der Waals surface area contributed by atoms with Crippen LogP contribution >= 0.6 is 0 Å². The first-order valence-electron chi connectivity index (χ1n) is 5.95. The molecule has 3 unspecified atom stereocenters. The molecule has 1 aliphatic heterocycles. The maximum atomic E-state index is 9.28. The number of hydrogen-bond acceptors (Lipinski definition) is 2. The molecule has 0 aromatic carbocycles. The Morgan fingerprint density at radius 1 is 1.50 bits per heavy atom. The topological polar surface area (TPSA) is 29.5 Å². The van der Waals surface area contributed by atoms with Crippen LogP contribution in [0, 0.1) is 11.8 Å². The predicted octanol–water partition coefficient (Wildman–Crippen LogP) is 3.18. The summed E-state index contributed by atoms with van der Waals surface area (Å²) in [5.41, 5.74) is -0.0634. The highest BCUT2D eigenvalue weighted by Gasteiger charge is 2.41. The molecule has 0 amide bonds. The summed E-state index contributed by atoms with van der Waals surface area (Å²) in [6, 6.07) is 0. The molecule has 94 valence electrons. The lowest BCUT2D eigenvalue weighted by atomic mass is 9.82. The van der Waals surface area contributed by atoms with Crippen molar-refractivity contribution >= 4 is 0 Å². The van der Waals surface area contributed by atoms with E-state index in [0.29, 0.717) is 11.8 Å². The van der Waals surface area contributed by atoms with Gasteiger partial charge in [0, 0.05) is 6.61 Å². The molecule has 1 rings (SSSR count). The molecule has 1 heterocycles. The van der Waals surface area contributed by atoms with Gasteiger partial charge in [-0.1, -0.05) is 19.4 Å². The van der Waals surface area contributed by atoms with E-state index < -0.39 is 0 Å². The summed E-state index contributed by atoms with van der Waals surface area (Å²) in [5.74, 6) is 0.775. The summed E-state index contributed by atoms with van der Waals surface area (Å²) in [6.07, 6.45) is 4.01. The summed E-state index contributed by atoms with van der Waals surface area (Å²) >= 11 is 0. The third kappa shape index (κ3) is 3.76. The molecule has 0 radical (unpaired) electrons. The minimum absolute atomic E-state index is 0.0634. The van der Waals surface area contributed by atoms with Crippen LogP contribution < -0.4 is 0 Å². The highest BCUT2D eigenvalue weighted by Crippen LogP contribution is 2.40. The minimum Gasteiger partial charge on any atom is -0.396 e. The largest absolute Gasteiger partial charge is 0.396 e. The Hall–Kier alpha value is -0.600. The molecule has 0 aromatic rings. The first-order valence-corrected chi connectivity index (χ1v) is 5.95. The fraction of sp³-hybridized carbons (Fsp3) is 0.714. The van der Waals surface area contributed by atoms with E-state index in [1.54, 1.807) is 0 Å². The normalized spacial score (nSPS) is 29.0. The third-order valence-corrected chi connectivity index (χ3v) is 3.20. The van der Waals surface area contributed by atoms with Gasteiger partial charge in [-0.25, -0.2) is 0 Å². The van der Waals surface area contributed by atoms with Crippen LogP contribution in [0.5, 0.6) is 0 Å². The molecule has 3 atom stereocenters. The third-order valence-electron chi connectivity index (χ3n) is 3.20. The molecule has 2 nitrogen and oxygen atoms in total. The van der Waals surface area contributed by atoms with Crippen LogP contribution in [0.3, 0.4) is 0 Å². The number of hydrogen-bond donors (Lipinski definition) is 1. The molecule has 2 heteroatoms. The minimum atomic E-state index is -0.0634. The molecular formula is C14H26O2. The van der Waals surface area contributed by atoms with Crippen molar-refractivity contribution in [3.63, 3.8) is 0 Å². The van der Waals surface area contributed by atoms with Gasteiger partial charge in [0.25, 0.3) is 0 Å². The molecule has 1 N–H and O–H groups in total. The molecular weight excluding hydrogens is 200 g/mol. The average molecular weight is 226 g/mol. The zero-order valence-electron chi connectivity index (χ0n) is 10.9. The van der Waals surface area contributed by atoms with Crippen LogP contribution in [-0.4, -0.2) is 23.4 Å². The van der Waals surface area contributed by atoms with E-state index in [4.69, 9.17) is 4.74 Å². The highest BCUT2D eigenvalue weighted by atomic mass is 16.5. The zero-order valence-corrected chi connectivity index (χ0v) is 10.9. The quantitative estimate of drug-likeness (QED) is 0.746. The van der Waals surface area contributed by atoms with Gasteiger partial charge in [-0.05, 0) is 32.1 Å². The molecule has 16 heavy (non-hydrogen) atoms. The van der Waals surface area contributed by atoms with Crippen molar-refractivity contribution in [1.82, 2.24) is 0 Å². The van der Waals surface area contributed by atoms with Crippen molar-refractivity contribution in [2.75, 3.05) is 6.61 Å². The number of aliphatic hydroxyl groups excluding tert-OH is 1. The summed E-state index contributed by atoms with van der Waals surface area (Å²) in [7, 11) is 0. The van der Waals surface area contributed by atoms with E-state index in [1.807, 2.05) is 6.08 Å². The fourth-order valence-corrected chi connectivity index (χ4v) is 2.41. The Balaban J connectivity index is 0.00000106. The lowest BCUT2D eigenvalue weighted by Crippen LogP contribution is -2.24. The summed E-state index contributed by atoms with van der Waals surface area (Å²) in [6.45, 7) is 16.4. The molecule has 0 bridgehead atoms. The second-order valence-electron chi connectivity index (χ2n) is 4.80. The maximum absolute atomic E-state index is 9.28. The van der Waals surface area contributed by atoms with Crippen molar-refractivity contribution in [1.29, 1.82) is 0 Å². The van der Waals surface area contributed by atoms with Crippen molar-refractivity contribution in [2.45, 2.75) is 45.3 Å². The number of aliphatic hydroxyl groups is 1. The Bertz CT molecular complexity index is 207. The van der Waals surface area contributed by atoms with Gasteiger partial charge < -0.3 is 9.84 Å². The second kappa shape index (κ2) is 6.87. The maximum Gasteiger partial charge on any atom is 0.0793 e. The van der Waals surface area contributed by atoms with Gasteiger partial charge >= 0.3 is 0 Å². The van der Waals surface area contributed by atoms with Crippen LogP contribution in [0.15, 0.2) is 25.8 Å². The SMILES string of the molecule is C=C.C=CC1OC(C)(C)CC1C(CC)CO. The first kappa shape index (κ1) is 15.4. The van der Waals surface area contributed by atoms with Gasteiger partial charge in [0.15, 0.2) is 0 Å². The first-order chi connectivity index (χ1) is 7.54. The van der Waals surface area contributed by atoms with E-state index in [2.05, 4.69) is 40.5 Å². The molecule has 1 aliphatic rings. The Morgan fingerprint density at radius 3 is 2.44 bits per heavy atom. The lowest BCUT2D eigenvalue weighted by molar-refractivity contribution is -0.00333. The van der Waals surface area contributed by atoms with E-state index in [9.17, 15) is 5.11 Å². The number of ether oxygens (including phenoxy) is 1. The van der Waals surface area contributed by atoms with Crippen LogP contribution in [0.2, 0.25) is 0 Å². The predicted molar refractivity (Wildman–Crippen MR) is 69.4 cm³/mol. The average Bonchev–Trinajstić information content (AvgIpc) is 2.59. The molecule has 1 saturated heterocycles. The summed E-state index contributed by atoms with van der Waals surface area (Å²) in [4.78, 5) is 0. The van der Waals surface area contributed by atoms with Crippen LogP contribution in [0.4, 0.5) is 0 Å². The van der Waals surface area contributed by atoms with Gasteiger partial charge in [0.2, 0.25) is 0 Å². The monoisotopic (exact) mass is 226 g/mol. The van der Waals surface area contributed by atoms with E-state index in [-0.39, 0.29) is 18.3 Å². The standard InChI is InChI=1S/C12H22O2.C2H4/c1-5-9(8-13)10-7-12(3,4)14-11(10)6-2;1-2/h6,9-11,13H,2,5,7-8H2,1,3-4H3;1-2H2. The highest BCUT2D eigenvalue weighted by molar-refractivity contribution is 4.98. The van der Waals surface area contributed by atoms with Crippen LogP contribution in [0.25, 0.3) is 0 Å². The molecule has 0 aliphatic carbocycles. The van der Waals surface area contributed by atoms with Crippen LogP contribution in [-0.2, 0) is 4.74 Å². The van der Waals surface area contributed by atoms with E-state index in [1.165, 1.54) is 0 Å². The van der Waals surface area contributed by atoms with E-state index in [0.717, 1.165) is 12.8 Å². The van der Waals surface area contributed by atoms with Gasteiger partial charge in [-0.15, -0.1) is 19.7 Å². The van der Waals surface area contributed by atoms with Crippen molar-refractivity contribution in [3.8, 4) is 0 Å².